The first kappa shape index (κ1) is 12.0. The molecule has 0 aliphatic carbocycles. The van der Waals surface area contributed by atoms with E-state index in [4.69, 9.17) is 4.74 Å². The normalized spacial score (nSPS) is 10.3. The van der Waals surface area contributed by atoms with E-state index in [1.807, 2.05) is 26.1 Å². The fourth-order valence-corrected chi connectivity index (χ4v) is 1.39. The molecule has 0 unspecified atom stereocenters. The summed E-state index contributed by atoms with van der Waals surface area (Å²) in [6.07, 6.45) is 3.03. The average molecular weight is 208 g/mol. The number of pyridine rings is 1. The van der Waals surface area contributed by atoms with Gasteiger partial charge < -0.3 is 10.1 Å². The third-order valence-corrected chi connectivity index (χ3v) is 2.12. The molecule has 3 heteroatoms. The third kappa shape index (κ3) is 3.88. The molecule has 1 heterocycles. The van der Waals surface area contributed by atoms with Crippen molar-refractivity contribution in [3.63, 3.8) is 0 Å². The van der Waals surface area contributed by atoms with E-state index in [-0.39, 0.29) is 0 Å². The van der Waals surface area contributed by atoms with E-state index in [1.165, 1.54) is 0 Å². The monoisotopic (exact) mass is 208 g/mol. The van der Waals surface area contributed by atoms with Crippen molar-refractivity contribution < 1.29 is 4.74 Å². The topological polar surface area (TPSA) is 34.2 Å². The van der Waals surface area contributed by atoms with Gasteiger partial charge in [0.2, 0.25) is 0 Å². The lowest BCUT2D eigenvalue weighted by molar-refractivity contribution is 0.334. The second-order valence-corrected chi connectivity index (χ2v) is 3.54. The maximum absolute atomic E-state index is 5.57. The molecule has 0 radical (unpaired) electrons. The van der Waals surface area contributed by atoms with Crippen LogP contribution < -0.4 is 10.1 Å². The van der Waals surface area contributed by atoms with Crippen LogP contribution in [-0.4, -0.2) is 18.1 Å². The number of nitrogens with one attached hydrogen (secondary N) is 1. The van der Waals surface area contributed by atoms with Gasteiger partial charge in [0.05, 0.1) is 6.61 Å². The number of aryl methyl sites for hydroxylation is 1. The maximum Gasteiger partial charge on any atom is 0.127 e. The maximum atomic E-state index is 5.57. The molecule has 0 bridgehead atoms. The smallest absolute Gasteiger partial charge is 0.127 e. The molecular formula is C12H20N2O. The minimum atomic E-state index is 0.699. The fraction of sp³-hybridized carbons (Fsp3) is 0.583. The van der Waals surface area contributed by atoms with E-state index < -0.39 is 0 Å². The highest BCUT2D eigenvalue weighted by Gasteiger charge is 2.03. The molecule has 0 saturated heterocycles. The van der Waals surface area contributed by atoms with Crippen molar-refractivity contribution in [2.24, 2.45) is 0 Å². The van der Waals surface area contributed by atoms with Gasteiger partial charge in [0.1, 0.15) is 5.75 Å². The standard InChI is InChI=1S/C12H20N2O/c1-4-6-13-8-11-9-14-10(3)7-12(11)15-5-2/h7,9,13H,4-6,8H2,1-3H3. The number of ether oxygens (including phenoxy) is 1. The lowest BCUT2D eigenvalue weighted by atomic mass is 10.2. The molecular weight excluding hydrogens is 188 g/mol. The van der Waals surface area contributed by atoms with Crippen LogP contribution in [0.25, 0.3) is 0 Å². The Morgan fingerprint density at radius 2 is 2.20 bits per heavy atom. The largest absolute Gasteiger partial charge is 0.493 e. The van der Waals surface area contributed by atoms with Gasteiger partial charge in [-0.15, -0.1) is 0 Å². The Kier molecular flexibility index (Phi) is 5.12. The molecule has 15 heavy (non-hydrogen) atoms. The minimum Gasteiger partial charge on any atom is -0.493 e. The molecule has 0 aliphatic rings. The molecule has 0 aromatic carbocycles. The Labute approximate surface area is 91.9 Å². The molecule has 84 valence electrons. The van der Waals surface area contributed by atoms with Gasteiger partial charge in [0, 0.05) is 30.1 Å². The molecule has 0 amide bonds. The van der Waals surface area contributed by atoms with Gasteiger partial charge in [-0.05, 0) is 26.8 Å². The van der Waals surface area contributed by atoms with Crippen LogP contribution >= 0.6 is 0 Å². The predicted molar refractivity (Wildman–Crippen MR) is 62.1 cm³/mol. The van der Waals surface area contributed by atoms with Crippen LogP contribution in [0.3, 0.4) is 0 Å². The predicted octanol–water partition coefficient (Wildman–Crippen LogP) is 2.29. The summed E-state index contributed by atoms with van der Waals surface area (Å²) in [7, 11) is 0. The minimum absolute atomic E-state index is 0.699. The van der Waals surface area contributed by atoms with Crippen LogP contribution in [0.15, 0.2) is 12.3 Å². The number of nitrogens with zero attached hydrogens (tertiary/aromatic N) is 1. The lowest BCUT2D eigenvalue weighted by Gasteiger charge is -2.10. The number of hydrogen-bond donors (Lipinski definition) is 1. The molecule has 1 N–H and O–H groups in total. The fourth-order valence-electron chi connectivity index (χ4n) is 1.39. The van der Waals surface area contributed by atoms with E-state index in [2.05, 4.69) is 17.2 Å². The van der Waals surface area contributed by atoms with Gasteiger partial charge in [-0.3, -0.25) is 4.98 Å². The van der Waals surface area contributed by atoms with Crippen LogP contribution in [-0.2, 0) is 6.54 Å². The number of rotatable bonds is 6. The highest BCUT2D eigenvalue weighted by atomic mass is 16.5. The Balaban J connectivity index is 2.67. The molecule has 1 aromatic heterocycles. The lowest BCUT2D eigenvalue weighted by Crippen LogP contribution is -2.15. The van der Waals surface area contributed by atoms with Gasteiger partial charge >= 0.3 is 0 Å². The number of aromatic nitrogens is 1. The van der Waals surface area contributed by atoms with Crippen molar-refractivity contribution in [3.8, 4) is 5.75 Å². The van der Waals surface area contributed by atoms with Crippen molar-refractivity contribution in [1.29, 1.82) is 0 Å². The van der Waals surface area contributed by atoms with E-state index in [1.54, 1.807) is 0 Å². The van der Waals surface area contributed by atoms with Crippen LogP contribution in [0.5, 0.6) is 5.75 Å². The van der Waals surface area contributed by atoms with Crippen molar-refractivity contribution in [3.05, 3.63) is 23.5 Å². The zero-order chi connectivity index (χ0) is 11.1. The zero-order valence-electron chi connectivity index (χ0n) is 9.84. The number of hydrogen-bond acceptors (Lipinski definition) is 3. The van der Waals surface area contributed by atoms with Crippen LogP contribution in [0.4, 0.5) is 0 Å². The Morgan fingerprint density at radius 3 is 2.87 bits per heavy atom. The molecule has 0 spiro atoms. The summed E-state index contributed by atoms with van der Waals surface area (Å²) in [5, 5.41) is 3.35. The van der Waals surface area contributed by atoms with Gasteiger partial charge in [0.25, 0.3) is 0 Å². The first-order valence-electron chi connectivity index (χ1n) is 5.57. The third-order valence-electron chi connectivity index (χ3n) is 2.12. The second kappa shape index (κ2) is 6.40. The first-order chi connectivity index (χ1) is 7.27. The summed E-state index contributed by atoms with van der Waals surface area (Å²) in [5.74, 6) is 0.952. The average Bonchev–Trinajstić information content (AvgIpc) is 2.22. The van der Waals surface area contributed by atoms with E-state index in [0.29, 0.717) is 6.61 Å². The molecule has 1 rings (SSSR count). The highest BCUT2D eigenvalue weighted by molar-refractivity contribution is 5.32. The summed E-state index contributed by atoms with van der Waals surface area (Å²) >= 11 is 0. The molecule has 1 aromatic rings. The Bertz CT molecular complexity index is 300. The summed E-state index contributed by atoms with van der Waals surface area (Å²) in [5.41, 5.74) is 2.13. The van der Waals surface area contributed by atoms with E-state index >= 15 is 0 Å². The summed E-state index contributed by atoms with van der Waals surface area (Å²) < 4.78 is 5.57. The van der Waals surface area contributed by atoms with Gasteiger partial charge in [0.15, 0.2) is 0 Å². The van der Waals surface area contributed by atoms with E-state index in [9.17, 15) is 0 Å². The Hall–Kier alpha value is -1.09. The van der Waals surface area contributed by atoms with E-state index in [0.717, 1.165) is 36.5 Å². The quantitative estimate of drug-likeness (QED) is 0.728. The highest BCUT2D eigenvalue weighted by Crippen LogP contribution is 2.18. The van der Waals surface area contributed by atoms with Crippen LogP contribution in [0, 0.1) is 6.92 Å². The van der Waals surface area contributed by atoms with Crippen molar-refractivity contribution in [2.75, 3.05) is 13.2 Å². The molecule has 0 saturated carbocycles. The van der Waals surface area contributed by atoms with Crippen LogP contribution in [0.1, 0.15) is 31.5 Å². The summed E-state index contributed by atoms with van der Waals surface area (Å²) in [6.45, 7) is 8.69. The SMILES string of the molecule is CCCNCc1cnc(C)cc1OCC. The Morgan fingerprint density at radius 1 is 1.40 bits per heavy atom. The summed E-state index contributed by atoms with van der Waals surface area (Å²) in [4.78, 5) is 4.28. The zero-order valence-corrected chi connectivity index (χ0v) is 9.84. The first-order valence-corrected chi connectivity index (χ1v) is 5.57. The van der Waals surface area contributed by atoms with Crippen molar-refractivity contribution in [1.82, 2.24) is 10.3 Å². The second-order valence-electron chi connectivity index (χ2n) is 3.54. The van der Waals surface area contributed by atoms with Gasteiger partial charge in [-0.2, -0.15) is 0 Å². The molecule has 3 nitrogen and oxygen atoms in total. The van der Waals surface area contributed by atoms with Crippen molar-refractivity contribution >= 4 is 0 Å². The van der Waals surface area contributed by atoms with Crippen molar-refractivity contribution in [2.45, 2.75) is 33.7 Å². The summed E-state index contributed by atoms with van der Waals surface area (Å²) in [6, 6.07) is 1.99. The van der Waals surface area contributed by atoms with Crippen LogP contribution in [0.2, 0.25) is 0 Å². The molecule has 0 fully saturated rings. The molecule has 0 aliphatic heterocycles. The van der Waals surface area contributed by atoms with Gasteiger partial charge in [-0.1, -0.05) is 6.92 Å². The van der Waals surface area contributed by atoms with Gasteiger partial charge in [-0.25, -0.2) is 0 Å². The molecule has 0 atom stereocenters.